The van der Waals surface area contributed by atoms with Crippen molar-refractivity contribution in [3.05, 3.63) is 35.4 Å². The van der Waals surface area contributed by atoms with Crippen molar-refractivity contribution in [2.45, 2.75) is 6.10 Å². The molecule has 0 aliphatic carbocycles. The first-order valence-corrected chi connectivity index (χ1v) is 6.04. The number of benzene rings is 1. The van der Waals surface area contributed by atoms with Gasteiger partial charge in [0.05, 0.1) is 24.9 Å². The molecule has 0 aliphatic rings. The fraction of sp³-hybridized carbons (Fsp3) is 0.538. The van der Waals surface area contributed by atoms with Crippen molar-refractivity contribution in [3.63, 3.8) is 0 Å². The lowest BCUT2D eigenvalue weighted by molar-refractivity contribution is 0.0744. The maximum atomic E-state index is 13.5. The van der Waals surface area contributed by atoms with Crippen LogP contribution in [-0.2, 0) is 4.74 Å². The minimum Gasteiger partial charge on any atom is -0.395 e. The van der Waals surface area contributed by atoms with Gasteiger partial charge >= 0.3 is 0 Å². The Balaban J connectivity index is 2.72. The van der Waals surface area contributed by atoms with Crippen LogP contribution >= 0.6 is 0 Å². The maximum absolute atomic E-state index is 13.5. The van der Waals surface area contributed by atoms with Gasteiger partial charge in [-0.25, -0.2) is 8.78 Å². The Bertz CT molecular complexity index is 370. The van der Waals surface area contributed by atoms with E-state index in [-0.39, 0.29) is 18.7 Å². The van der Waals surface area contributed by atoms with Crippen LogP contribution in [-0.4, -0.2) is 55.1 Å². The predicted octanol–water partition coefficient (Wildman–Crippen LogP) is 0.939. The number of aliphatic hydroxyl groups excluding tert-OH is 2. The first kappa shape index (κ1) is 16.0. The van der Waals surface area contributed by atoms with Crippen LogP contribution in [0.4, 0.5) is 8.78 Å². The van der Waals surface area contributed by atoms with Crippen molar-refractivity contribution in [3.8, 4) is 0 Å². The quantitative estimate of drug-likeness (QED) is 0.741. The van der Waals surface area contributed by atoms with Crippen LogP contribution in [0.25, 0.3) is 0 Å². The van der Waals surface area contributed by atoms with Gasteiger partial charge in [-0.3, -0.25) is 4.90 Å². The molecule has 6 heteroatoms. The molecule has 0 bridgehead atoms. The van der Waals surface area contributed by atoms with Gasteiger partial charge in [0.25, 0.3) is 0 Å². The highest BCUT2D eigenvalue weighted by Crippen LogP contribution is 2.21. The summed E-state index contributed by atoms with van der Waals surface area (Å²) in [6, 6.07) is 3.46. The second-order valence-electron chi connectivity index (χ2n) is 4.17. The number of rotatable bonds is 8. The third kappa shape index (κ3) is 4.83. The molecule has 0 spiro atoms. The van der Waals surface area contributed by atoms with Crippen molar-refractivity contribution in [1.29, 1.82) is 0 Å². The van der Waals surface area contributed by atoms with Crippen LogP contribution in [0.5, 0.6) is 0 Å². The van der Waals surface area contributed by atoms with E-state index in [0.29, 0.717) is 19.7 Å². The first-order chi connectivity index (χ1) is 9.10. The highest BCUT2D eigenvalue weighted by molar-refractivity contribution is 5.22. The van der Waals surface area contributed by atoms with Gasteiger partial charge in [0, 0.05) is 26.7 Å². The molecule has 1 atom stereocenters. The SMILES string of the molecule is COCCN(CCO)CC(O)c1c(F)cccc1F. The maximum Gasteiger partial charge on any atom is 0.131 e. The van der Waals surface area contributed by atoms with Crippen molar-refractivity contribution >= 4 is 0 Å². The van der Waals surface area contributed by atoms with Gasteiger partial charge in [0.2, 0.25) is 0 Å². The lowest BCUT2D eigenvalue weighted by Crippen LogP contribution is -2.34. The molecule has 2 N–H and O–H groups in total. The minimum atomic E-state index is -1.29. The van der Waals surface area contributed by atoms with Gasteiger partial charge in [0.15, 0.2) is 0 Å². The van der Waals surface area contributed by atoms with E-state index in [0.717, 1.165) is 12.1 Å². The van der Waals surface area contributed by atoms with E-state index in [1.54, 1.807) is 4.90 Å². The third-order valence-electron chi connectivity index (χ3n) is 2.79. The summed E-state index contributed by atoms with van der Waals surface area (Å²) in [7, 11) is 1.53. The normalized spacial score (nSPS) is 12.9. The molecule has 0 saturated carbocycles. The van der Waals surface area contributed by atoms with E-state index >= 15 is 0 Å². The van der Waals surface area contributed by atoms with Crippen LogP contribution in [0, 0.1) is 11.6 Å². The molecular weight excluding hydrogens is 256 g/mol. The van der Waals surface area contributed by atoms with Crippen molar-refractivity contribution in [1.82, 2.24) is 4.90 Å². The smallest absolute Gasteiger partial charge is 0.131 e. The number of halogens is 2. The Labute approximate surface area is 111 Å². The first-order valence-electron chi connectivity index (χ1n) is 6.04. The standard InChI is InChI=1S/C13H19F2NO3/c1-19-8-6-16(5-7-17)9-12(18)13-10(14)3-2-4-11(13)15/h2-4,12,17-18H,5-9H2,1H3. The molecule has 0 radical (unpaired) electrons. The Morgan fingerprint density at radius 2 is 1.89 bits per heavy atom. The van der Waals surface area contributed by atoms with E-state index in [9.17, 15) is 13.9 Å². The van der Waals surface area contributed by atoms with E-state index in [1.165, 1.54) is 13.2 Å². The topological polar surface area (TPSA) is 52.9 Å². The minimum absolute atomic E-state index is 0.0295. The fourth-order valence-corrected chi connectivity index (χ4v) is 1.82. The molecular formula is C13H19F2NO3. The molecule has 1 aromatic rings. The van der Waals surface area contributed by atoms with E-state index in [2.05, 4.69) is 0 Å². The Kier molecular flexibility index (Phi) is 6.86. The molecule has 0 saturated heterocycles. The van der Waals surface area contributed by atoms with E-state index in [4.69, 9.17) is 9.84 Å². The average Bonchev–Trinajstić information content (AvgIpc) is 2.36. The molecule has 0 heterocycles. The van der Waals surface area contributed by atoms with Crippen LogP contribution in [0.2, 0.25) is 0 Å². The molecule has 19 heavy (non-hydrogen) atoms. The van der Waals surface area contributed by atoms with Crippen molar-refractivity contribution in [2.24, 2.45) is 0 Å². The monoisotopic (exact) mass is 275 g/mol. The van der Waals surface area contributed by atoms with Crippen molar-refractivity contribution in [2.75, 3.05) is 40.0 Å². The summed E-state index contributed by atoms with van der Waals surface area (Å²) in [4.78, 5) is 1.68. The second-order valence-corrected chi connectivity index (χ2v) is 4.17. The van der Waals surface area contributed by atoms with Gasteiger partial charge in [-0.05, 0) is 12.1 Å². The van der Waals surface area contributed by atoms with E-state index < -0.39 is 17.7 Å². The largest absolute Gasteiger partial charge is 0.395 e. The Hall–Kier alpha value is -1.08. The predicted molar refractivity (Wildman–Crippen MR) is 66.7 cm³/mol. The summed E-state index contributed by atoms with van der Waals surface area (Å²) >= 11 is 0. The summed E-state index contributed by atoms with van der Waals surface area (Å²) in [5.74, 6) is -1.55. The third-order valence-corrected chi connectivity index (χ3v) is 2.79. The molecule has 0 fully saturated rings. The summed E-state index contributed by atoms with van der Waals surface area (Å²) in [6.45, 7) is 1.10. The molecule has 0 aromatic heterocycles. The Morgan fingerprint density at radius 1 is 1.26 bits per heavy atom. The van der Waals surface area contributed by atoms with E-state index in [1.807, 2.05) is 0 Å². The van der Waals surface area contributed by atoms with Gasteiger partial charge in [-0.2, -0.15) is 0 Å². The number of hydrogen-bond donors (Lipinski definition) is 2. The number of aliphatic hydroxyl groups is 2. The average molecular weight is 275 g/mol. The second kappa shape index (κ2) is 8.16. The van der Waals surface area contributed by atoms with Gasteiger partial charge in [0.1, 0.15) is 11.6 Å². The number of hydrogen-bond acceptors (Lipinski definition) is 4. The summed E-state index contributed by atoms with van der Waals surface area (Å²) in [5, 5.41) is 18.9. The summed E-state index contributed by atoms with van der Waals surface area (Å²) < 4.78 is 31.9. The molecule has 1 aromatic carbocycles. The van der Waals surface area contributed by atoms with Crippen LogP contribution in [0.1, 0.15) is 11.7 Å². The zero-order valence-corrected chi connectivity index (χ0v) is 10.9. The lowest BCUT2D eigenvalue weighted by Gasteiger charge is -2.24. The fourth-order valence-electron chi connectivity index (χ4n) is 1.82. The summed E-state index contributed by atoms with van der Waals surface area (Å²) in [5.41, 5.74) is -0.345. The molecule has 0 amide bonds. The Morgan fingerprint density at radius 3 is 2.42 bits per heavy atom. The summed E-state index contributed by atoms with van der Waals surface area (Å²) in [6.07, 6.45) is -1.29. The zero-order valence-electron chi connectivity index (χ0n) is 10.9. The highest BCUT2D eigenvalue weighted by atomic mass is 19.1. The number of methoxy groups -OCH3 is 1. The van der Waals surface area contributed by atoms with Gasteiger partial charge < -0.3 is 14.9 Å². The lowest BCUT2D eigenvalue weighted by atomic mass is 10.1. The molecule has 4 nitrogen and oxygen atoms in total. The van der Waals surface area contributed by atoms with Crippen LogP contribution in [0.15, 0.2) is 18.2 Å². The molecule has 108 valence electrons. The van der Waals surface area contributed by atoms with Crippen LogP contribution < -0.4 is 0 Å². The molecule has 1 rings (SSSR count). The number of nitrogens with zero attached hydrogens (tertiary/aromatic N) is 1. The molecule has 1 unspecified atom stereocenters. The van der Waals surface area contributed by atoms with Gasteiger partial charge in [-0.1, -0.05) is 6.07 Å². The van der Waals surface area contributed by atoms with Gasteiger partial charge in [-0.15, -0.1) is 0 Å². The highest BCUT2D eigenvalue weighted by Gasteiger charge is 2.20. The van der Waals surface area contributed by atoms with Crippen LogP contribution in [0.3, 0.4) is 0 Å². The van der Waals surface area contributed by atoms with Crippen molar-refractivity contribution < 1.29 is 23.7 Å². The molecule has 0 aliphatic heterocycles. The zero-order chi connectivity index (χ0) is 14.3. The number of ether oxygens (including phenoxy) is 1.